The fourth-order valence-corrected chi connectivity index (χ4v) is 2.81. The zero-order chi connectivity index (χ0) is 15.7. The van der Waals surface area contributed by atoms with Crippen molar-refractivity contribution >= 4 is 33.4 Å². The highest BCUT2D eigenvalue weighted by Gasteiger charge is 2.14. The number of thiophene rings is 1. The quantitative estimate of drug-likeness (QED) is 0.773. The minimum atomic E-state index is -0.565. The van der Waals surface area contributed by atoms with Crippen molar-refractivity contribution in [3.8, 4) is 0 Å². The average molecular weight is 316 g/mol. The number of rotatable bonds is 3. The Kier molecular flexibility index (Phi) is 3.60. The van der Waals surface area contributed by atoms with Gasteiger partial charge in [0.05, 0.1) is 11.7 Å². The van der Waals surface area contributed by atoms with E-state index in [2.05, 4.69) is 10.3 Å². The molecule has 3 heterocycles. The van der Waals surface area contributed by atoms with Crippen LogP contribution in [0.4, 0.5) is 0 Å². The Bertz CT molecular complexity index is 921. The molecule has 0 unspecified atom stereocenters. The molecule has 2 amide bonds. The molecule has 0 spiro atoms. The van der Waals surface area contributed by atoms with Gasteiger partial charge in [-0.1, -0.05) is 0 Å². The Morgan fingerprint density at radius 3 is 2.91 bits per heavy atom. The molecule has 8 heteroatoms. The predicted octanol–water partition coefficient (Wildman–Crippen LogP) is 0.753. The van der Waals surface area contributed by atoms with Gasteiger partial charge in [-0.25, -0.2) is 4.98 Å². The van der Waals surface area contributed by atoms with Crippen LogP contribution < -0.4 is 10.9 Å². The Labute approximate surface area is 128 Å². The predicted molar refractivity (Wildman–Crippen MR) is 81.8 cm³/mol. The van der Waals surface area contributed by atoms with Gasteiger partial charge in [0, 0.05) is 13.2 Å². The summed E-state index contributed by atoms with van der Waals surface area (Å²) in [7, 11) is 1.71. The van der Waals surface area contributed by atoms with E-state index < -0.39 is 11.8 Å². The number of hydrogen-bond acceptors (Lipinski definition) is 5. The third kappa shape index (κ3) is 2.56. The first-order valence-corrected chi connectivity index (χ1v) is 7.32. The molecule has 0 aliphatic heterocycles. The van der Waals surface area contributed by atoms with E-state index >= 15 is 0 Å². The molecule has 0 aromatic carbocycles. The fourth-order valence-electron chi connectivity index (χ4n) is 2.09. The molecule has 3 aromatic rings. The van der Waals surface area contributed by atoms with Gasteiger partial charge in [0.1, 0.15) is 17.1 Å². The van der Waals surface area contributed by atoms with Gasteiger partial charge < -0.3 is 4.57 Å². The van der Waals surface area contributed by atoms with Crippen LogP contribution in [-0.4, -0.2) is 25.9 Å². The van der Waals surface area contributed by atoms with Crippen LogP contribution in [0.2, 0.25) is 0 Å². The molecule has 0 atom stereocenters. The lowest BCUT2D eigenvalue weighted by Gasteiger charge is -2.07. The maximum atomic E-state index is 12.2. The van der Waals surface area contributed by atoms with Crippen molar-refractivity contribution < 1.29 is 9.59 Å². The zero-order valence-electron chi connectivity index (χ0n) is 11.6. The molecule has 112 valence electrons. The van der Waals surface area contributed by atoms with Crippen LogP contribution in [0.3, 0.4) is 0 Å². The first-order valence-electron chi connectivity index (χ1n) is 6.44. The van der Waals surface area contributed by atoms with Gasteiger partial charge in [0.2, 0.25) is 5.91 Å². The van der Waals surface area contributed by atoms with Crippen molar-refractivity contribution in [1.82, 2.24) is 19.4 Å². The lowest BCUT2D eigenvalue weighted by atomic mass is 10.4. The standard InChI is InChI=1S/C14H12N4O3S/c1-17-5-2-3-10(17)12(20)16-11(19)7-18-8-15-13-9(14(18)21)4-6-22-13/h2-6,8H,7H2,1H3,(H,16,19,20). The molecule has 0 radical (unpaired) electrons. The molecule has 22 heavy (non-hydrogen) atoms. The third-order valence-corrected chi connectivity index (χ3v) is 4.01. The number of amides is 2. The number of hydrogen-bond donors (Lipinski definition) is 1. The van der Waals surface area contributed by atoms with Gasteiger partial charge in [-0.3, -0.25) is 24.3 Å². The number of carbonyl (C=O) groups excluding carboxylic acids is 2. The van der Waals surface area contributed by atoms with Crippen molar-refractivity contribution in [2.24, 2.45) is 7.05 Å². The fraction of sp³-hybridized carbons (Fsp3) is 0.143. The molecular weight excluding hydrogens is 304 g/mol. The maximum Gasteiger partial charge on any atom is 0.274 e. The Morgan fingerprint density at radius 2 is 2.18 bits per heavy atom. The van der Waals surface area contributed by atoms with E-state index in [1.807, 2.05) is 0 Å². The summed E-state index contributed by atoms with van der Waals surface area (Å²) in [5.74, 6) is -1.07. The van der Waals surface area contributed by atoms with Crippen LogP contribution in [0.15, 0.2) is 40.9 Å². The summed E-state index contributed by atoms with van der Waals surface area (Å²) < 4.78 is 2.79. The lowest BCUT2D eigenvalue weighted by Crippen LogP contribution is -2.36. The van der Waals surface area contributed by atoms with Crippen LogP contribution in [0, 0.1) is 0 Å². The Balaban J connectivity index is 1.76. The van der Waals surface area contributed by atoms with Crippen molar-refractivity contribution in [1.29, 1.82) is 0 Å². The summed E-state index contributed by atoms with van der Waals surface area (Å²) >= 11 is 1.36. The van der Waals surface area contributed by atoms with E-state index in [0.29, 0.717) is 15.9 Å². The van der Waals surface area contributed by atoms with Crippen LogP contribution >= 0.6 is 11.3 Å². The van der Waals surface area contributed by atoms with E-state index in [-0.39, 0.29) is 12.1 Å². The van der Waals surface area contributed by atoms with E-state index in [0.717, 1.165) is 0 Å². The smallest absolute Gasteiger partial charge is 0.274 e. The first-order chi connectivity index (χ1) is 10.6. The van der Waals surface area contributed by atoms with E-state index in [9.17, 15) is 14.4 Å². The van der Waals surface area contributed by atoms with Crippen LogP contribution in [0.1, 0.15) is 10.5 Å². The molecule has 0 bridgehead atoms. The van der Waals surface area contributed by atoms with E-state index in [4.69, 9.17) is 0 Å². The zero-order valence-corrected chi connectivity index (χ0v) is 12.5. The summed E-state index contributed by atoms with van der Waals surface area (Å²) in [6.45, 7) is -0.256. The number of aromatic nitrogens is 3. The summed E-state index contributed by atoms with van der Waals surface area (Å²) in [5.41, 5.74) is 0.0693. The average Bonchev–Trinajstić information content (AvgIpc) is 3.10. The van der Waals surface area contributed by atoms with Crippen molar-refractivity contribution in [2.45, 2.75) is 6.54 Å². The van der Waals surface area contributed by atoms with Gasteiger partial charge in [0.25, 0.3) is 11.5 Å². The number of imide groups is 1. The van der Waals surface area contributed by atoms with E-state index in [1.54, 1.807) is 41.4 Å². The topological polar surface area (TPSA) is 86.0 Å². The second kappa shape index (κ2) is 5.57. The summed E-state index contributed by atoms with van der Waals surface area (Å²) in [4.78, 5) is 40.8. The first kappa shape index (κ1) is 14.2. The van der Waals surface area contributed by atoms with E-state index in [1.165, 1.54) is 22.2 Å². The number of carbonyl (C=O) groups is 2. The maximum absolute atomic E-state index is 12.2. The lowest BCUT2D eigenvalue weighted by molar-refractivity contribution is -0.120. The number of aryl methyl sites for hydroxylation is 1. The number of fused-ring (bicyclic) bond motifs is 1. The molecule has 3 rings (SSSR count). The summed E-state index contributed by atoms with van der Waals surface area (Å²) in [6, 6.07) is 4.98. The van der Waals surface area contributed by atoms with Gasteiger partial charge in [-0.05, 0) is 23.6 Å². The van der Waals surface area contributed by atoms with Gasteiger partial charge in [-0.2, -0.15) is 0 Å². The molecule has 7 nitrogen and oxygen atoms in total. The summed E-state index contributed by atoms with van der Waals surface area (Å²) in [5, 5.41) is 4.49. The monoisotopic (exact) mass is 316 g/mol. The normalized spacial score (nSPS) is 10.8. The molecule has 1 N–H and O–H groups in total. The largest absolute Gasteiger partial charge is 0.347 e. The third-order valence-electron chi connectivity index (χ3n) is 3.19. The molecule has 0 saturated carbocycles. The molecular formula is C14H12N4O3S. The Hall–Kier alpha value is -2.74. The van der Waals surface area contributed by atoms with Crippen molar-refractivity contribution in [3.63, 3.8) is 0 Å². The van der Waals surface area contributed by atoms with Crippen LogP contribution in [0.5, 0.6) is 0 Å². The highest BCUT2D eigenvalue weighted by Crippen LogP contribution is 2.13. The SMILES string of the molecule is Cn1cccc1C(=O)NC(=O)Cn1cnc2sccc2c1=O. The minimum Gasteiger partial charge on any atom is -0.347 e. The molecule has 0 aliphatic rings. The molecule has 0 fully saturated rings. The van der Waals surface area contributed by atoms with Crippen molar-refractivity contribution in [3.05, 3.63) is 52.2 Å². The number of nitrogens with one attached hydrogen (secondary N) is 1. The Morgan fingerprint density at radius 1 is 1.36 bits per heavy atom. The van der Waals surface area contributed by atoms with Gasteiger partial charge in [-0.15, -0.1) is 11.3 Å². The number of nitrogens with zero attached hydrogens (tertiary/aromatic N) is 3. The second-order valence-corrected chi connectivity index (χ2v) is 5.59. The van der Waals surface area contributed by atoms with Crippen molar-refractivity contribution in [2.75, 3.05) is 0 Å². The molecule has 0 saturated heterocycles. The summed E-state index contributed by atoms with van der Waals surface area (Å²) in [6.07, 6.45) is 3.02. The minimum absolute atomic E-state index is 0.256. The van der Waals surface area contributed by atoms with Crippen LogP contribution in [0.25, 0.3) is 10.2 Å². The highest BCUT2D eigenvalue weighted by atomic mass is 32.1. The molecule has 3 aromatic heterocycles. The molecule has 0 aliphatic carbocycles. The van der Waals surface area contributed by atoms with Crippen LogP contribution in [-0.2, 0) is 18.4 Å². The van der Waals surface area contributed by atoms with Gasteiger partial charge in [0.15, 0.2) is 0 Å². The highest BCUT2D eigenvalue weighted by molar-refractivity contribution is 7.16. The van der Waals surface area contributed by atoms with Gasteiger partial charge >= 0.3 is 0 Å². The second-order valence-electron chi connectivity index (χ2n) is 4.70.